The maximum absolute atomic E-state index is 12.3. The Hall–Kier alpha value is -1.81. The van der Waals surface area contributed by atoms with Gasteiger partial charge in [0.2, 0.25) is 0 Å². The summed E-state index contributed by atoms with van der Waals surface area (Å²) in [5, 5.41) is 4.06. The van der Waals surface area contributed by atoms with Crippen molar-refractivity contribution >= 4 is 16.8 Å². The van der Waals surface area contributed by atoms with Crippen LogP contribution in [0.4, 0.5) is 0 Å². The predicted octanol–water partition coefficient (Wildman–Crippen LogP) is 2.21. The third kappa shape index (κ3) is 3.10. The summed E-state index contributed by atoms with van der Waals surface area (Å²) in [6.45, 7) is 4.05. The van der Waals surface area contributed by atoms with Crippen molar-refractivity contribution in [2.75, 3.05) is 26.2 Å². The van der Waals surface area contributed by atoms with Crippen LogP contribution < -0.4 is 5.32 Å². The zero-order valence-corrected chi connectivity index (χ0v) is 12.5. The van der Waals surface area contributed by atoms with Crippen LogP contribution in [0.2, 0.25) is 0 Å². The van der Waals surface area contributed by atoms with Gasteiger partial charge in [0.15, 0.2) is 0 Å². The van der Waals surface area contributed by atoms with Crippen molar-refractivity contribution in [3.05, 3.63) is 42.4 Å². The highest BCUT2D eigenvalue weighted by Gasteiger charge is 2.14. The summed E-state index contributed by atoms with van der Waals surface area (Å²) in [5.74, 6) is 0.0276. The minimum Gasteiger partial charge on any atom is -0.352 e. The second-order valence-corrected chi connectivity index (χ2v) is 5.66. The lowest BCUT2D eigenvalue weighted by molar-refractivity contribution is 0.0953. The maximum atomic E-state index is 12.3. The van der Waals surface area contributed by atoms with Crippen LogP contribution in [0.25, 0.3) is 10.9 Å². The van der Waals surface area contributed by atoms with Crippen LogP contribution in [0.5, 0.6) is 0 Å². The highest BCUT2D eigenvalue weighted by Crippen LogP contribution is 2.20. The number of likely N-dealkylation sites (tertiary alicyclic amines) is 1. The summed E-state index contributed by atoms with van der Waals surface area (Å²) < 4.78 is 2.00. The fourth-order valence-electron chi connectivity index (χ4n) is 2.96. The number of para-hydroxylation sites is 1. The van der Waals surface area contributed by atoms with Crippen LogP contribution in [0, 0.1) is 6.42 Å². The Balaban J connectivity index is 1.56. The predicted molar refractivity (Wildman–Crippen MR) is 85.2 cm³/mol. The Labute approximate surface area is 125 Å². The summed E-state index contributed by atoms with van der Waals surface area (Å²) in [6, 6.07) is 8.01. The molecule has 1 radical (unpaired) electrons. The topological polar surface area (TPSA) is 37.3 Å². The average molecular weight is 284 g/mol. The molecule has 1 aromatic carbocycles. The molecule has 3 rings (SSSR count). The summed E-state index contributed by atoms with van der Waals surface area (Å²) in [4.78, 5) is 14.7. The molecule has 0 atom stereocenters. The second-order valence-electron chi connectivity index (χ2n) is 5.66. The third-order valence-corrected chi connectivity index (χ3v) is 4.12. The van der Waals surface area contributed by atoms with Crippen molar-refractivity contribution in [2.45, 2.75) is 12.8 Å². The normalized spacial score (nSPS) is 15.7. The Bertz CT molecular complexity index is 626. The molecule has 0 aliphatic carbocycles. The van der Waals surface area contributed by atoms with Crippen LogP contribution >= 0.6 is 0 Å². The lowest BCUT2D eigenvalue weighted by Gasteiger charge is -2.14. The smallest absolute Gasteiger partial charge is 0.253 e. The molecule has 4 heteroatoms. The van der Waals surface area contributed by atoms with E-state index in [1.807, 2.05) is 42.1 Å². The van der Waals surface area contributed by atoms with E-state index in [4.69, 9.17) is 0 Å². The number of hydrogen-bond donors (Lipinski definition) is 1. The molecule has 0 bridgehead atoms. The van der Waals surface area contributed by atoms with E-state index in [-0.39, 0.29) is 5.91 Å². The number of aromatic nitrogens is 1. The van der Waals surface area contributed by atoms with Gasteiger partial charge in [-0.25, -0.2) is 0 Å². The van der Waals surface area contributed by atoms with E-state index in [1.165, 1.54) is 6.42 Å². The molecular formula is C17H22N3O. The molecule has 0 saturated carbocycles. The average Bonchev–Trinajstić information content (AvgIpc) is 3.12. The number of amides is 1. The molecule has 0 unspecified atom stereocenters. The quantitative estimate of drug-likeness (QED) is 0.855. The molecule has 2 aromatic rings. The minimum absolute atomic E-state index is 0.0276. The van der Waals surface area contributed by atoms with Crippen molar-refractivity contribution in [3.63, 3.8) is 0 Å². The third-order valence-electron chi connectivity index (χ3n) is 4.12. The fourth-order valence-corrected chi connectivity index (χ4v) is 2.96. The van der Waals surface area contributed by atoms with E-state index in [9.17, 15) is 4.79 Å². The Kier molecular flexibility index (Phi) is 4.25. The first-order valence-electron chi connectivity index (χ1n) is 7.62. The van der Waals surface area contributed by atoms with E-state index in [1.54, 1.807) is 0 Å². The Morgan fingerprint density at radius 1 is 1.33 bits per heavy atom. The van der Waals surface area contributed by atoms with Gasteiger partial charge in [0.1, 0.15) is 0 Å². The summed E-state index contributed by atoms with van der Waals surface area (Å²) >= 11 is 0. The molecule has 4 nitrogen and oxygen atoms in total. The van der Waals surface area contributed by atoms with Crippen LogP contribution in [0.15, 0.2) is 30.5 Å². The first-order valence-corrected chi connectivity index (χ1v) is 7.62. The number of carbonyl (C=O) groups is 1. The number of nitrogens with one attached hydrogen (secondary N) is 1. The van der Waals surface area contributed by atoms with Crippen LogP contribution in [-0.4, -0.2) is 41.6 Å². The first kappa shape index (κ1) is 14.1. The van der Waals surface area contributed by atoms with Crippen molar-refractivity contribution in [1.82, 2.24) is 14.8 Å². The highest BCUT2D eigenvalue weighted by molar-refractivity contribution is 6.06. The lowest BCUT2D eigenvalue weighted by atomic mass is 10.1. The molecule has 111 valence electrons. The van der Waals surface area contributed by atoms with Crippen LogP contribution in [0.3, 0.4) is 0 Å². The minimum atomic E-state index is 0.0276. The molecule has 1 aliphatic rings. The van der Waals surface area contributed by atoms with Gasteiger partial charge in [-0.1, -0.05) is 18.2 Å². The van der Waals surface area contributed by atoms with Crippen LogP contribution in [0.1, 0.15) is 23.2 Å². The van der Waals surface area contributed by atoms with Gasteiger partial charge in [0.25, 0.3) is 5.91 Å². The molecule has 1 fully saturated rings. The van der Waals surface area contributed by atoms with Crippen molar-refractivity contribution in [3.8, 4) is 0 Å². The summed E-state index contributed by atoms with van der Waals surface area (Å²) in [7, 11) is 1.98. The van der Waals surface area contributed by atoms with Gasteiger partial charge >= 0.3 is 0 Å². The van der Waals surface area contributed by atoms with E-state index in [0.29, 0.717) is 0 Å². The molecule has 0 spiro atoms. The zero-order chi connectivity index (χ0) is 14.7. The Morgan fingerprint density at radius 3 is 3.00 bits per heavy atom. The van der Waals surface area contributed by atoms with E-state index < -0.39 is 0 Å². The van der Waals surface area contributed by atoms with Crippen molar-refractivity contribution in [2.24, 2.45) is 7.05 Å². The number of aryl methyl sites for hydroxylation is 1. The van der Waals surface area contributed by atoms with Crippen molar-refractivity contribution in [1.29, 1.82) is 0 Å². The molecule has 1 amide bonds. The first-order chi connectivity index (χ1) is 10.3. The standard InChI is InChI=1S/C17H22N3O/c1-19-13-15(14-7-2-3-8-16(14)19)17(21)18-9-6-12-20-10-4-5-11-20/h2-4,7-8,13H,5-6,9-12H2,1H3,(H,18,21). The van der Waals surface area contributed by atoms with Gasteiger partial charge in [-0.3, -0.25) is 4.79 Å². The van der Waals surface area contributed by atoms with E-state index >= 15 is 0 Å². The van der Waals surface area contributed by atoms with Gasteiger partial charge in [-0.05, 0) is 38.4 Å². The zero-order valence-electron chi connectivity index (χ0n) is 12.5. The molecule has 21 heavy (non-hydrogen) atoms. The molecular weight excluding hydrogens is 262 g/mol. The number of nitrogens with zero attached hydrogens (tertiary/aromatic N) is 2. The lowest BCUT2D eigenvalue weighted by Crippen LogP contribution is -2.28. The van der Waals surface area contributed by atoms with Crippen LogP contribution in [-0.2, 0) is 7.05 Å². The highest BCUT2D eigenvalue weighted by atomic mass is 16.1. The van der Waals surface area contributed by atoms with Crippen molar-refractivity contribution < 1.29 is 4.79 Å². The Morgan fingerprint density at radius 2 is 2.19 bits per heavy atom. The number of rotatable bonds is 5. The maximum Gasteiger partial charge on any atom is 0.253 e. The van der Waals surface area contributed by atoms with Gasteiger partial charge in [0.05, 0.1) is 5.56 Å². The van der Waals surface area contributed by atoms with Gasteiger partial charge in [0, 0.05) is 37.2 Å². The monoisotopic (exact) mass is 284 g/mol. The molecule has 1 aliphatic heterocycles. The fraction of sp³-hybridized carbons (Fsp3) is 0.412. The molecule has 2 heterocycles. The SMILES string of the molecule is Cn1cc(C(=O)NCCCN2C[CH]CC2)c2ccccc21. The molecule has 1 N–H and O–H groups in total. The van der Waals surface area contributed by atoms with Gasteiger partial charge in [-0.2, -0.15) is 0 Å². The summed E-state index contributed by atoms with van der Waals surface area (Å²) in [5.41, 5.74) is 1.86. The molecule has 1 saturated heterocycles. The van der Waals surface area contributed by atoms with Gasteiger partial charge < -0.3 is 14.8 Å². The number of carbonyl (C=O) groups excluding carboxylic acids is 1. The van der Waals surface area contributed by atoms with Gasteiger partial charge in [-0.15, -0.1) is 0 Å². The molecule has 1 aromatic heterocycles. The number of fused-ring (bicyclic) bond motifs is 1. The number of hydrogen-bond acceptors (Lipinski definition) is 2. The largest absolute Gasteiger partial charge is 0.352 e. The number of benzene rings is 1. The second kappa shape index (κ2) is 6.31. The van der Waals surface area contributed by atoms with E-state index in [2.05, 4.69) is 16.6 Å². The summed E-state index contributed by atoms with van der Waals surface area (Å²) in [6.07, 6.45) is 6.43. The van der Waals surface area contributed by atoms with E-state index in [0.717, 1.165) is 49.1 Å².